The molecule has 1 fully saturated rings. The molecule has 2 aromatic carbocycles. The first-order valence-corrected chi connectivity index (χ1v) is 9.07. The van der Waals surface area contributed by atoms with E-state index in [2.05, 4.69) is 51.8 Å². The van der Waals surface area contributed by atoms with Gasteiger partial charge < -0.3 is 9.80 Å². The summed E-state index contributed by atoms with van der Waals surface area (Å²) in [6.45, 7) is 2.87. The van der Waals surface area contributed by atoms with E-state index in [1.807, 2.05) is 36.2 Å². The van der Waals surface area contributed by atoms with Crippen molar-refractivity contribution in [2.75, 3.05) is 25.0 Å². The molecule has 1 aliphatic rings. The zero-order valence-corrected chi connectivity index (χ0v) is 15.5. The average Bonchev–Trinajstić information content (AvgIpc) is 3.09. The highest BCUT2D eigenvalue weighted by Gasteiger charge is 2.19. The molecule has 3 nitrogen and oxygen atoms in total. The van der Waals surface area contributed by atoms with Crippen molar-refractivity contribution in [1.82, 2.24) is 4.90 Å². The fourth-order valence-corrected chi connectivity index (χ4v) is 3.70. The van der Waals surface area contributed by atoms with Crippen molar-refractivity contribution in [3.05, 3.63) is 63.2 Å². The second-order valence-electron chi connectivity index (χ2n) is 5.96. The lowest BCUT2D eigenvalue weighted by Crippen LogP contribution is -2.28. The summed E-state index contributed by atoms with van der Waals surface area (Å²) in [5.74, 6) is 0.0752. The zero-order valence-electron chi connectivity index (χ0n) is 13.3. The Hall–Kier alpha value is -1.56. The molecule has 3 rings (SSSR count). The fraction of sp³-hybridized carbons (Fsp3) is 0.316. The van der Waals surface area contributed by atoms with E-state index in [-0.39, 0.29) is 5.91 Å². The Bertz CT molecular complexity index is 695. The van der Waals surface area contributed by atoms with Gasteiger partial charge in [-0.25, -0.2) is 0 Å². The number of hydrogen-bond acceptors (Lipinski definition) is 2. The van der Waals surface area contributed by atoms with Crippen LogP contribution in [0.1, 0.15) is 28.8 Å². The maximum absolute atomic E-state index is 12.7. The molecule has 1 aliphatic heterocycles. The third-order valence-corrected chi connectivity index (χ3v) is 5.24. The van der Waals surface area contributed by atoms with Crippen LogP contribution in [0.5, 0.6) is 0 Å². The molecule has 2 aromatic rings. The van der Waals surface area contributed by atoms with Crippen molar-refractivity contribution >= 4 is 34.2 Å². The number of halogens is 1. The number of carbonyl (C=O) groups excluding carboxylic acids is 1. The Morgan fingerprint density at radius 2 is 1.74 bits per heavy atom. The molecule has 0 saturated carbocycles. The lowest BCUT2D eigenvalue weighted by Gasteiger charge is -2.24. The van der Waals surface area contributed by atoms with Crippen molar-refractivity contribution in [3.8, 4) is 0 Å². The SMILES string of the molecule is CN(Cc1ccccc1N1CCCC1)C(=O)c1ccccc1I. The van der Waals surface area contributed by atoms with Gasteiger partial charge in [-0.1, -0.05) is 30.3 Å². The van der Waals surface area contributed by atoms with E-state index < -0.39 is 0 Å². The molecule has 23 heavy (non-hydrogen) atoms. The summed E-state index contributed by atoms with van der Waals surface area (Å²) in [4.78, 5) is 17.0. The van der Waals surface area contributed by atoms with Gasteiger partial charge in [-0.2, -0.15) is 0 Å². The summed E-state index contributed by atoms with van der Waals surface area (Å²) in [5, 5.41) is 0. The molecule has 0 atom stereocenters. The standard InChI is InChI=1S/C19H21IN2O/c1-21(19(23)16-9-3-4-10-17(16)20)14-15-8-2-5-11-18(15)22-12-6-7-13-22/h2-5,8-11H,6-7,12-14H2,1H3. The van der Waals surface area contributed by atoms with E-state index in [0.29, 0.717) is 6.54 Å². The number of anilines is 1. The first-order valence-electron chi connectivity index (χ1n) is 7.99. The van der Waals surface area contributed by atoms with Crippen molar-refractivity contribution < 1.29 is 4.79 Å². The monoisotopic (exact) mass is 420 g/mol. The van der Waals surface area contributed by atoms with E-state index in [9.17, 15) is 4.79 Å². The molecule has 0 aromatic heterocycles. The van der Waals surface area contributed by atoms with Crippen molar-refractivity contribution in [2.24, 2.45) is 0 Å². The molecule has 0 spiro atoms. The van der Waals surface area contributed by atoms with Crippen molar-refractivity contribution in [1.29, 1.82) is 0 Å². The Labute approximate surface area is 151 Å². The first kappa shape index (κ1) is 16.3. The minimum atomic E-state index is 0.0752. The third-order valence-electron chi connectivity index (χ3n) is 4.30. The smallest absolute Gasteiger partial charge is 0.254 e. The van der Waals surface area contributed by atoms with Gasteiger partial charge in [0.1, 0.15) is 0 Å². The largest absolute Gasteiger partial charge is 0.371 e. The fourth-order valence-electron chi connectivity index (χ4n) is 3.08. The molecule has 0 N–H and O–H groups in total. The Morgan fingerprint density at radius 1 is 1.09 bits per heavy atom. The molecule has 0 radical (unpaired) electrons. The highest BCUT2D eigenvalue weighted by molar-refractivity contribution is 14.1. The van der Waals surface area contributed by atoms with Crippen LogP contribution in [-0.4, -0.2) is 30.9 Å². The Kier molecular flexibility index (Phi) is 5.20. The van der Waals surface area contributed by atoms with E-state index in [4.69, 9.17) is 0 Å². The zero-order chi connectivity index (χ0) is 16.2. The maximum Gasteiger partial charge on any atom is 0.254 e. The van der Waals surface area contributed by atoms with Crippen LogP contribution >= 0.6 is 22.6 Å². The number of benzene rings is 2. The summed E-state index contributed by atoms with van der Waals surface area (Å²) in [6, 6.07) is 16.2. The predicted octanol–water partition coefficient (Wildman–Crippen LogP) is 4.16. The summed E-state index contributed by atoms with van der Waals surface area (Å²) in [5.41, 5.74) is 3.26. The van der Waals surface area contributed by atoms with Gasteiger partial charge in [-0.15, -0.1) is 0 Å². The third kappa shape index (κ3) is 3.68. The topological polar surface area (TPSA) is 23.6 Å². The number of carbonyl (C=O) groups is 1. The van der Waals surface area contributed by atoms with Crippen LogP contribution in [0.15, 0.2) is 48.5 Å². The van der Waals surface area contributed by atoms with Gasteiger partial charge in [0, 0.05) is 35.9 Å². The second kappa shape index (κ2) is 7.34. The number of amides is 1. The van der Waals surface area contributed by atoms with Crippen LogP contribution < -0.4 is 4.90 Å². The van der Waals surface area contributed by atoms with Crippen LogP contribution in [0.4, 0.5) is 5.69 Å². The number of nitrogens with zero attached hydrogens (tertiary/aromatic N) is 2. The average molecular weight is 420 g/mol. The Morgan fingerprint density at radius 3 is 2.48 bits per heavy atom. The van der Waals surface area contributed by atoms with Gasteiger partial charge in [-0.3, -0.25) is 4.79 Å². The van der Waals surface area contributed by atoms with Gasteiger partial charge in [-0.05, 0) is 59.2 Å². The molecule has 0 unspecified atom stereocenters. The summed E-state index contributed by atoms with van der Waals surface area (Å²) < 4.78 is 0.995. The number of para-hydroxylation sites is 1. The molecule has 1 saturated heterocycles. The van der Waals surface area contributed by atoms with Gasteiger partial charge in [0.2, 0.25) is 0 Å². The second-order valence-corrected chi connectivity index (χ2v) is 7.13. The molecule has 4 heteroatoms. The van der Waals surface area contributed by atoms with E-state index in [1.165, 1.54) is 24.1 Å². The molecular weight excluding hydrogens is 399 g/mol. The highest BCUT2D eigenvalue weighted by Crippen LogP contribution is 2.26. The maximum atomic E-state index is 12.7. The van der Waals surface area contributed by atoms with Crippen LogP contribution in [0, 0.1) is 3.57 Å². The predicted molar refractivity (Wildman–Crippen MR) is 103 cm³/mol. The summed E-state index contributed by atoms with van der Waals surface area (Å²) in [7, 11) is 1.88. The quantitative estimate of drug-likeness (QED) is 0.694. The van der Waals surface area contributed by atoms with Gasteiger partial charge in [0.15, 0.2) is 0 Å². The van der Waals surface area contributed by atoms with Crippen molar-refractivity contribution in [2.45, 2.75) is 19.4 Å². The van der Waals surface area contributed by atoms with Crippen molar-refractivity contribution in [3.63, 3.8) is 0 Å². The van der Waals surface area contributed by atoms with E-state index in [0.717, 1.165) is 22.2 Å². The number of hydrogen-bond donors (Lipinski definition) is 0. The molecular formula is C19H21IN2O. The lowest BCUT2D eigenvalue weighted by atomic mass is 10.1. The van der Waals surface area contributed by atoms with Crippen LogP contribution in [0.2, 0.25) is 0 Å². The molecule has 1 amide bonds. The van der Waals surface area contributed by atoms with Crippen LogP contribution in [0.25, 0.3) is 0 Å². The van der Waals surface area contributed by atoms with Crippen LogP contribution in [0.3, 0.4) is 0 Å². The minimum Gasteiger partial charge on any atom is -0.371 e. The molecule has 120 valence electrons. The minimum absolute atomic E-state index is 0.0752. The normalized spacial score (nSPS) is 14.1. The summed E-state index contributed by atoms with van der Waals surface area (Å²) in [6.07, 6.45) is 2.51. The number of rotatable bonds is 4. The summed E-state index contributed by atoms with van der Waals surface area (Å²) >= 11 is 2.22. The van der Waals surface area contributed by atoms with Crippen LogP contribution in [-0.2, 0) is 6.54 Å². The molecule has 1 heterocycles. The molecule has 0 bridgehead atoms. The van der Waals surface area contributed by atoms with Gasteiger partial charge in [0.25, 0.3) is 5.91 Å². The highest BCUT2D eigenvalue weighted by atomic mass is 127. The van der Waals surface area contributed by atoms with E-state index in [1.54, 1.807) is 0 Å². The first-order chi connectivity index (χ1) is 11.2. The van der Waals surface area contributed by atoms with Gasteiger partial charge in [0.05, 0.1) is 5.56 Å². The van der Waals surface area contributed by atoms with E-state index >= 15 is 0 Å². The molecule has 0 aliphatic carbocycles. The Balaban J connectivity index is 1.79. The lowest BCUT2D eigenvalue weighted by molar-refractivity contribution is 0.0784. The van der Waals surface area contributed by atoms with Gasteiger partial charge >= 0.3 is 0 Å².